The quantitative estimate of drug-likeness (QED) is 0.320. The van der Waals surface area contributed by atoms with Crippen LogP contribution >= 0.6 is 11.6 Å². The van der Waals surface area contributed by atoms with Gasteiger partial charge >= 0.3 is 5.97 Å². The molecule has 5 nitrogen and oxygen atoms in total. The molecule has 0 saturated heterocycles. The topological polar surface area (TPSA) is 83.8 Å². The number of ether oxygens (including phenoxy) is 1. The van der Waals surface area contributed by atoms with Crippen LogP contribution in [0.3, 0.4) is 0 Å². The number of phenols is 2. The third-order valence-electron chi connectivity index (χ3n) is 4.42. The van der Waals surface area contributed by atoms with Gasteiger partial charge in [-0.05, 0) is 31.7 Å². The zero-order chi connectivity index (χ0) is 19.7. The van der Waals surface area contributed by atoms with Gasteiger partial charge in [-0.2, -0.15) is 0 Å². The van der Waals surface area contributed by atoms with Gasteiger partial charge in [0, 0.05) is 5.56 Å². The highest BCUT2D eigenvalue weighted by Crippen LogP contribution is 2.40. The van der Waals surface area contributed by atoms with Crippen LogP contribution in [-0.4, -0.2) is 29.1 Å². The molecule has 1 rings (SSSR count). The van der Waals surface area contributed by atoms with Crippen LogP contribution < -0.4 is 0 Å². The van der Waals surface area contributed by atoms with Crippen molar-refractivity contribution in [2.45, 2.75) is 65.7 Å². The largest absolute Gasteiger partial charge is 0.507 e. The number of rotatable bonds is 11. The molecule has 2 N–H and O–H groups in total. The first-order valence-electron chi connectivity index (χ1n) is 9.15. The summed E-state index contributed by atoms with van der Waals surface area (Å²) in [6.45, 7) is 5.69. The van der Waals surface area contributed by atoms with Crippen LogP contribution in [0.15, 0.2) is 0 Å². The molecular weight excluding hydrogens is 356 g/mol. The Morgan fingerprint density at radius 1 is 1.08 bits per heavy atom. The molecule has 0 heterocycles. The first-order valence-corrected chi connectivity index (χ1v) is 9.53. The van der Waals surface area contributed by atoms with Crippen LogP contribution in [0.25, 0.3) is 0 Å². The molecule has 6 heteroatoms. The fourth-order valence-electron chi connectivity index (χ4n) is 2.71. The maximum absolute atomic E-state index is 11.3. The molecule has 0 spiro atoms. The Labute approximate surface area is 160 Å². The minimum atomic E-state index is -0.175. The van der Waals surface area contributed by atoms with Crippen molar-refractivity contribution in [1.82, 2.24) is 0 Å². The molecule has 0 amide bonds. The molecule has 1 aromatic rings. The zero-order valence-corrected chi connectivity index (χ0v) is 16.6. The van der Waals surface area contributed by atoms with E-state index in [0.717, 1.165) is 38.5 Å². The number of phenolic OH excluding ortho intramolecular Hbond substituents is 2. The lowest BCUT2D eigenvalue weighted by atomic mass is 9.98. The van der Waals surface area contributed by atoms with Gasteiger partial charge in [-0.15, -0.1) is 0 Å². The van der Waals surface area contributed by atoms with Gasteiger partial charge in [0.15, 0.2) is 6.29 Å². The molecular formula is C20H29ClO5. The summed E-state index contributed by atoms with van der Waals surface area (Å²) >= 11 is 6.04. The maximum Gasteiger partial charge on any atom is 0.308 e. The summed E-state index contributed by atoms with van der Waals surface area (Å²) in [6, 6.07) is 0. The van der Waals surface area contributed by atoms with Crippen molar-refractivity contribution in [2.24, 2.45) is 5.92 Å². The standard InChI is InChI=1S/C20H29ClO5/c1-13(2)20(25)26-11-9-7-5-4-6-8-10-15-18(23)16(12-22)14(3)17(21)19(15)24/h12-13,23-24H,4-11H2,1-3H3. The fourth-order valence-corrected chi connectivity index (χ4v) is 2.93. The summed E-state index contributed by atoms with van der Waals surface area (Å²) in [5.74, 6) is -0.556. The van der Waals surface area contributed by atoms with Gasteiger partial charge in [0.2, 0.25) is 0 Å². The van der Waals surface area contributed by atoms with Crippen molar-refractivity contribution < 1.29 is 24.5 Å². The molecule has 1 aromatic carbocycles. The summed E-state index contributed by atoms with van der Waals surface area (Å²) in [5, 5.41) is 20.4. The summed E-state index contributed by atoms with van der Waals surface area (Å²) in [4.78, 5) is 22.4. The van der Waals surface area contributed by atoms with Crippen LogP contribution in [0, 0.1) is 12.8 Å². The number of hydrogen-bond acceptors (Lipinski definition) is 5. The lowest BCUT2D eigenvalue weighted by molar-refractivity contribution is -0.147. The van der Waals surface area contributed by atoms with Crippen LogP contribution in [0.5, 0.6) is 11.5 Å². The minimum Gasteiger partial charge on any atom is -0.507 e. The Balaban J connectivity index is 2.32. The van der Waals surface area contributed by atoms with Gasteiger partial charge in [-0.25, -0.2) is 0 Å². The lowest BCUT2D eigenvalue weighted by Crippen LogP contribution is -2.12. The fraction of sp³-hybridized carbons (Fsp3) is 0.600. The number of benzene rings is 1. The predicted octanol–water partition coefficient (Wildman–Crippen LogP) is 4.95. The highest BCUT2D eigenvalue weighted by molar-refractivity contribution is 6.33. The van der Waals surface area contributed by atoms with E-state index in [1.807, 2.05) is 13.8 Å². The van der Waals surface area contributed by atoms with Gasteiger partial charge in [0.25, 0.3) is 0 Å². The molecule has 0 aromatic heterocycles. The number of aldehydes is 1. The number of carbonyl (C=O) groups is 2. The average Bonchev–Trinajstić information content (AvgIpc) is 2.61. The first kappa shape index (κ1) is 22.3. The molecule has 26 heavy (non-hydrogen) atoms. The Bertz CT molecular complexity index is 625. The first-order chi connectivity index (χ1) is 12.3. The molecule has 146 valence electrons. The number of hydrogen-bond donors (Lipinski definition) is 2. The Hall–Kier alpha value is -1.75. The van der Waals surface area contributed by atoms with Crippen molar-refractivity contribution in [3.05, 3.63) is 21.7 Å². The molecule has 0 fully saturated rings. The molecule has 0 saturated carbocycles. The molecule has 0 radical (unpaired) electrons. The summed E-state index contributed by atoms with van der Waals surface area (Å²) in [5.41, 5.74) is 0.862. The summed E-state index contributed by atoms with van der Waals surface area (Å²) in [6.07, 6.45) is 6.64. The van der Waals surface area contributed by atoms with E-state index in [9.17, 15) is 19.8 Å². The maximum atomic E-state index is 11.3. The Kier molecular flexibility index (Phi) is 9.49. The average molecular weight is 385 g/mol. The van der Waals surface area contributed by atoms with E-state index in [-0.39, 0.29) is 34.0 Å². The summed E-state index contributed by atoms with van der Waals surface area (Å²) in [7, 11) is 0. The van der Waals surface area contributed by atoms with Gasteiger partial charge < -0.3 is 14.9 Å². The van der Waals surface area contributed by atoms with Gasteiger partial charge in [-0.3, -0.25) is 9.59 Å². The number of halogens is 1. The smallest absolute Gasteiger partial charge is 0.308 e. The van der Waals surface area contributed by atoms with E-state index in [2.05, 4.69) is 0 Å². The van der Waals surface area contributed by atoms with Crippen LogP contribution in [-0.2, 0) is 16.0 Å². The van der Waals surface area contributed by atoms with E-state index < -0.39 is 0 Å². The van der Waals surface area contributed by atoms with Crippen molar-refractivity contribution in [3.63, 3.8) is 0 Å². The second-order valence-electron chi connectivity index (χ2n) is 6.84. The molecule has 0 unspecified atom stereocenters. The summed E-state index contributed by atoms with van der Waals surface area (Å²) < 4.78 is 5.12. The molecule has 0 bridgehead atoms. The Morgan fingerprint density at radius 3 is 2.23 bits per heavy atom. The third kappa shape index (κ3) is 6.20. The van der Waals surface area contributed by atoms with E-state index in [4.69, 9.17) is 16.3 Å². The highest BCUT2D eigenvalue weighted by atomic mass is 35.5. The van der Waals surface area contributed by atoms with Crippen molar-refractivity contribution in [3.8, 4) is 11.5 Å². The zero-order valence-electron chi connectivity index (χ0n) is 15.8. The van der Waals surface area contributed by atoms with E-state index in [1.54, 1.807) is 6.92 Å². The lowest BCUT2D eigenvalue weighted by Gasteiger charge is -2.13. The van der Waals surface area contributed by atoms with E-state index in [0.29, 0.717) is 30.4 Å². The van der Waals surface area contributed by atoms with Crippen molar-refractivity contribution in [2.75, 3.05) is 6.61 Å². The van der Waals surface area contributed by atoms with E-state index in [1.165, 1.54) is 0 Å². The van der Waals surface area contributed by atoms with Crippen LogP contribution in [0.1, 0.15) is 73.9 Å². The predicted molar refractivity (Wildman–Crippen MR) is 102 cm³/mol. The monoisotopic (exact) mass is 384 g/mol. The van der Waals surface area contributed by atoms with Crippen LogP contribution in [0.2, 0.25) is 5.02 Å². The molecule has 0 aliphatic carbocycles. The Morgan fingerprint density at radius 2 is 1.65 bits per heavy atom. The second-order valence-corrected chi connectivity index (χ2v) is 7.22. The highest BCUT2D eigenvalue weighted by Gasteiger charge is 2.19. The SMILES string of the molecule is Cc1c(Cl)c(O)c(CCCCCCCCOC(=O)C(C)C)c(O)c1C=O. The number of aromatic hydroxyl groups is 2. The van der Waals surface area contributed by atoms with Gasteiger partial charge in [0.1, 0.15) is 11.5 Å². The van der Waals surface area contributed by atoms with Crippen molar-refractivity contribution in [1.29, 1.82) is 0 Å². The molecule has 0 aliphatic heterocycles. The van der Waals surface area contributed by atoms with E-state index >= 15 is 0 Å². The van der Waals surface area contributed by atoms with Gasteiger partial charge in [-0.1, -0.05) is 51.1 Å². The number of carbonyl (C=O) groups excluding carboxylic acids is 2. The van der Waals surface area contributed by atoms with Gasteiger partial charge in [0.05, 0.1) is 23.1 Å². The molecule has 0 aliphatic rings. The third-order valence-corrected chi connectivity index (χ3v) is 4.89. The normalized spacial score (nSPS) is 11.0. The van der Waals surface area contributed by atoms with Crippen LogP contribution in [0.4, 0.5) is 0 Å². The second kappa shape index (κ2) is 11.1. The number of esters is 1. The van der Waals surface area contributed by atoms with Crippen molar-refractivity contribution >= 4 is 23.9 Å². The molecule has 0 atom stereocenters. The number of unbranched alkanes of at least 4 members (excludes halogenated alkanes) is 5. The minimum absolute atomic E-state index is 0.0853.